The molecule has 0 aliphatic heterocycles. The maximum atomic E-state index is 3.73. The summed E-state index contributed by atoms with van der Waals surface area (Å²) in [6, 6.07) is 0. The zero-order chi connectivity index (χ0) is 6.97. The monoisotopic (exact) mass is 319 g/mol. The number of fused-ring (bicyclic) bond motifs is 1. The third-order valence-corrected chi connectivity index (χ3v) is 1.12. The number of aryl methyl sites for hydroxylation is 1. The molecule has 0 amide bonds. The van der Waals surface area contributed by atoms with Crippen LogP contribution in [0, 0.1) is 13.1 Å². The zero-order valence-corrected chi connectivity index (χ0v) is 8.52. The minimum absolute atomic E-state index is 0. The second kappa shape index (κ2) is 3.00. The van der Waals surface area contributed by atoms with Crippen molar-refractivity contribution in [3.8, 4) is 0 Å². The number of rotatable bonds is 0. The van der Waals surface area contributed by atoms with E-state index in [0.29, 0.717) is 11.5 Å². The van der Waals surface area contributed by atoms with Crippen molar-refractivity contribution in [1.29, 1.82) is 0 Å². The molecule has 0 saturated carbocycles. The van der Waals surface area contributed by atoms with E-state index in [1.54, 1.807) is 6.92 Å². The third-order valence-electron chi connectivity index (χ3n) is 1.12. The second-order valence-electron chi connectivity index (χ2n) is 1.77. The molecule has 0 aliphatic rings. The van der Waals surface area contributed by atoms with E-state index in [-0.39, 0.29) is 21.1 Å². The summed E-state index contributed by atoms with van der Waals surface area (Å²) in [6.07, 6.45) is 2.54. The van der Waals surface area contributed by atoms with Gasteiger partial charge in [0.2, 0.25) is 0 Å². The van der Waals surface area contributed by atoms with Crippen molar-refractivity contribution in [2.45, 2.75) is 6.92 Å². The number of nitrogens with zero attached hydrogens (tertiary/aromatic N) is 6. The molecule has 0 bridgehead atoms. The first-order valence-corrected chi connectivity index (χ1v) is 2.67. The number of aromatic nitrogens is 6. The van der Waals surface area contributed by atoms with E-state index in [1.165, 1.54) is 4.52 Å². The van der Waals surface area contributed by atoms with Crippen LogP contribution in [0.2, 0.25) is 0 Å². The Labute approximate surface area is 76.3 Å². The van der Waals surface area contributed by atoms with E-state index < -0.39 is 0 Å². The molecule has 6 nitrogen and oxygen atoms in total. The van der Waals surface area contributed by atoms with Gasteiger partial charge in [0, 0.05) is 26.7 Å². The molecule has 2 heterocycles. The van der Waals surface area contributed by atoms with E-state index in [1.807, 2.05) is 0 Å². The predicted molar refractivity (Wildman–Crippen MR) is 29.9 cm³/mol. The Balaban J connectivity index is 0.000000605. The minimum Gasteiger partial charge on any atom is -0.346 e. The fourth-order valence-electron chi connectivity index (χ4n) is 0.662. The Morgan fingerprint density at radius 3 is 2.91 bits per heavy atom. The first-order chi connectivity index (χ1) is 4.88. The fourth-order valence-corrected chi connectivity index (χ4v) is 0.662. The van der Waals surface area contributed by atoms with Gasteiger partial charge in [-0.1, -0.05) is 5.21 Å². The van der Waals surface area contributed by atoms with Gasteiger partial charge in [0.15, 0.2) is 0 Å². The Morgan fingerprint density at radius 1 is 1.36 bits per heavy atom. The molecule has 2 rings (SSSR count). The molecule has 0 fully saturated rings. The topological polar surface area (TPSA) is 68.9 Å². The van der Waals surface area contributed by atoms with E-state index >= 15 is 0 Å². The smallest absolute Gasteiger partial charge is 0.150 e. The van der Waals surface area contributed by atoms with E-state index in [2.05, 4.69) is 31.9 Å². The van der Waals surface area contributed by atoms with Gasteiger partial charge in [0.05, 0.1) is 0 Å². The molecular weight excluding hydrogens is 316 g/mol. The molecule has 7 heteroatoms. The number of hydrogen-bond donors (Lipinski definition) is 0. The van der Waals surface area contributed by atoms with Crippen molar-refractivity contribution >= 4 is 5.65 Å². The largest absolute Gasteiger partial charge is 0.346 e. The van der Waals surface area contributed by atoms with Gasteiger partial charge in [-0.25, -0.2) is 4.52 Å². The van der Waals surface area contributed by atoms with Gasteiger partial charge in [0.25, 0.3) is 0 Å². The normalized spacial score (nSPS) is 9.55. The third kappa shape index (κ3) is 1.26. The molecule has 11 heavy (non-hydrogen) atoms. The van der Waals surface area contributed by atoms with Gasteiger partial charge >= 0.3 is 0 Å². The van der Waals surface area contributed by atoms with Crippen LogP contribution < -0.4 is 0 Å². The molecule has 0 aliphatic carbocycles. The van der Waals surface area contributed by atoms with Crippen molar-refractivity contribution in [3.05, 3.63) is 12.0 Å². The molecule has 0 radical (unpaired) electrons. The SMILES string of the molecule is Cc1nnc2[c-]nnnn12.[W]. The molecule has 0 unspecified atom stereocenters. The molecule has 0 atom stereocenters. The molecule has 2 aromatic heterocycles. The van der Waals surface area contributed by atoms with Crippen LogP contribution in [-0.4, -0.2) is 30.2 Å². The van der Waals surface area contributed by atoms with Gasteiger partial charge < -0.3 is 5.10 Å². The van der Waals surface area contributed by atoms with Crippen molar-refractivity contribution in [2.24, 2.45) is 0 Å². The summed E-state index contributed by atoms with van der Waals surface area (Å²) in [5, 5.41) is 17.9. The van der Waals surface area contributed by atoms with Crippen LogP contribution in [0.25, 0.3) is 5.65 Å². The van der Waals surface area contributed by atoms with Crippen LogP contribution in [0.4, 0.5) is 0 Å². The van der Waals surface area contributed by atoms with Crippen LogP contribution in [0.3, 0.4) is 0 Å². The van der Waals surface area contributed by atoms with Crippen molar-refractivity contribution in [1.82, 2.24) is 30.2 Å². The van der Waals surface area contributed by atoms with Crippen LogP contribution in [0.5, 0.6) is 0 Å². The van der Waals surface area contributed by atoms with Crippen LogP contribution in [0.15, 0.2) is 0 Å². The quantitative estimate of drug-likeness (QED) is 0.584. The average molecular weight is 319 g/mol. The minimum atomic E-state index is 0. The molecule has 2 aromatic rings. The summed E-state index contributed by atoms with van der Waals surface area (Å²) in [5.74, 6) is 0.682. The van der Waals surface area contributed by atoms with E-state index in [0.717, 1.165) is 0 Å². The maximum absolute atomic E-state index is 3.73. The summed E-state index contributed by atoms with van der Waals surface area (Å²) in [4.78, 5) is 0. The Bertz CT molecular complexity index is 356. The van der Waals surface area contributed by atoms with Gasteiger partial charge in [-0.05, 0) is 12.1 Å². The Morgan fingerprint density at radius 2 is 2.18 bits per heavy atom. The number of hydrogen-bond acceptors (Lipinski definition) is 5. The molecule has 56 valence electrons. The molecule has 0 spiro atoms. The second-order valence-corrected chi connectivity index (χ2v) is 1.77. The predicted octanol–water partition coefficient (Wildman–Crippen LogP) is -0.980. The van der Waals surface area contributed by atoms with Crippen LogP contribution in [0.1, 0.15) is 5.82 Å². The van der Waals surface area contributed by atoms with Gasteiger partial charge in [-0.15, -0.1) is 5.10 Å². The summed E-state index contributed by atoms with van der Waals surface area (Å²) in [7, 11) is 0. The van der Waals surface area contributed by atoms with Gasteiger partial charge in [0.1, 0.15) is 5.82 Å². The first-order valence-electron chi connectivity index (χ1n) is 2.67. The Hall–Kier alpha value is -0.902. The van der Waals surface area contributed by atoms with Gasteiger partial charge in [-0.2, -0.15) is 5.10 Å². The maximum Gasteiger partial charge on any atom is 0.150 e. The van der Waals surface area contributed by atoms with E-state index in [4.69, 9.17) is 0 Å². The van der Waals surface area contributed by atoms with Crippen LogP contribution >= 0.6 is 0 Å². The van der Waals surface area contributed by atoms with E-state index in [9.17, 15) is 0 Å². The first kappa shape index (κ1) is 8.20. The summed E-state index contributed by atoms with van der Waals surface area (Å²) >= 11 is 0. The van der Waals surface area contributed by atoms with Crippen molar-refractivity contribution in [3.63, 3.8) is 0 Å². The Kier molecular flexibility index (Phi) is 2.24. The summed E-state index contributed by atoms with van der Waals surface area (Å²) in [5.41, 5.74) is 0.493. The molecule has 0 saturated heterocycles. The fraction of sp³-hybridized carbons (Fsp3) is 0.250. The zero-order valence-electron chi connectivity index (χ0n) is 5.59. The van der Waals surface area contributed by atoms with Crippen LogP contribution in [-0.2, 0) is 21.1 Å². The molecule has 0 N–H and O–H groups in total. The molecule has 0 aromatic carbocycles. The van der Waals surface area contributed by atoms with Crippen molar-refractivity contribution in [2.75, 3.05) is 0 Å². The average Bonchev–Trinajstić information content (AvgIpc) is 2.34. The standard InChI is InChI=1S/C4H3N6.W/c1-3-6-7-4-2-5-8-9-10(3)4;/h1H3;/q-1;. The summed E-state index contributed by atoms with van der Waals surface area (Å²) in [6.45, 7) is 1.78. The van der Waals surface area contributed by atoms with Gasteiger partial charge in [-0.3, -0.25) is 6.20 Å². The molecular formula is C4H3N6W-. The summed E-state index contributed by atoms with van der Waals surface area (Å²) < 4.78 is 1.47. The van der Waals surface area contributed by atoms with Crippen molar-refractivity contribution < 1.29 is 21.1 Å².